The summed E-state index contributed by atoms with van der Waals surface area (Å²) in [5, 5.41) is 10.6. The first-order valence-corrected chi connectivity index (χ1v) is 7.18. The van der Waals surface area contributed by atoms with Gasteiger partial charge in [-0.2, -0.15) is 0 Å². The van der Waals surface area contributed by atoms with Crippen molar-refractivity contribution in [1.29, 1.82) is 0 Å². The molecule has 0 amide bonds. The van der Waals surface area contributed by atoms with Gasteiger partial charge in [-0.25, -0.2) is 0 Å². The Kier molecular flexibility index (Phi) is 3.99. The molecule has 0 saturated heterocycles. The molecule has 0 radical (unpaired) electrons. The van der Waals surface area contributed by atoms with E-state index in [0.717, 1.165) is 0 Å². The predicted molar refractivity (Wildman–Crippen MR) is 76.4 cm³/mol. The molecule has 0 aliphatic rings. The number of nitro benzene ring substituents is 1. The van der Waals surface area contributed by atoms with Crippen molar-refractivity contribution in [3.05, 3.63) is 52.6 Å². The van der Waals surface area contributed by atoms with Crippen molar-refractivity contribution >= 4 is 22.2 Å². The third kappa shape index (κ3) is 3.12. The van der Waals surface area contributed by atoms with Crippen LogP contribution in [0.25, 0.3) is 0 Å². The van der Waals surface area contributed by atoms with E-state index in [9.17, 15) is 14.3 Å². The number of hydrogen-bond donors (Lipinski definition) is 1. The Bertz CT molecular complexity index is 671. The van der Waals surface area contributed by atoms with Crippen LogP contribution >= 0.6 is 0 Å². The molecule has 2 rings (SSSR count). The van der Waals surface area contributed by atoms with Crippen molar-refractivity contribution in [1.82, 2.24) is 0 Å². The molecule has 0 saturated carbocycles. The van der Waals surface area contributed by atoms with Crippen molar-refractivity contribution in [2.75, 3.05) is 12.0 Å². The number of ether oxygens (including phenoxy) is 1. The van der Waals surface area contributed by atoms with E-state index in [1.165, 1.54) is 18.2 Å². The Morgan fingerprint density at radius 3 is 2.35 bits per heavy atom. The fraction of sp³-hybridized carbons (Fsp3) is 0.0769. The van der Waals surface area contributed by atoms with E-state index >= 15 is 0 Å². The van der Waals surface area contributed by atoms with Gasteiger partial charge in [-0.15, -0.1) is 0 Å². The lowest BCUT2D eigenvalue weighted by Crippen LogP contribution is -1.95. The smallest absolute Gasteiger partial charge is 0.271 e. The van der Waals surface area contributed by atoms with Crippen molar-refractivity contribution in [2.24, 2.45) is 0 Å². The van der Waals surface area contributed by atoms with Gasteiger partial charge in [-0.05, 0) is 30.3 Å². The summed E-state index contributed by atoms with van der Waals surface area (Å²) in [6, 6.07) is 10.7. The van der Waals surface area contributed by atoms with Gasteiger partial charge in [0.25, 0.3) is 5.69 Å². The van der Waals surface area contributed by atoms with Crippen molar-refractivity contribution < 1.29 is 13.9 Å². The van der Waals surface area contributed by atoms with Crippen LogP contribution in [0.5, 0.6) is 11.5 Å². The number of anilines is 1. The largest absolute Gasteiger partial charge is 0.455 e. The molecule has 2 aromatic rings. The van der Waals surface area contributed by atoms with E-state index in [4.69, 9.17) is 10.5 Å². The maximum absolute atomic E-state index is 11.3. The summed E-state index contributed by atoms with van der Waals surface area (Å²) in [6.45, 7) is 0. The second-order valence-electron chi connectivity index (χ2n) is 4.01. The highest BCUT2D eigenvalue weighted by Crippen LogP contribution is 2.30. The summed E-state index contributed by atoms with van der Waals surface area (Å²) in [5.41, 5.74) is 5.80. The summed E-state index contributed by atoms with van der Waals surface area (Å²) in [5.74, 6) is 0.848. The SMILES string of the molecule is CS(=O)c1ccc(Oc2ccc([N+](=O)[O-])cc2N)cc1. The van der Waals surface area contributed by atoms with Gasteiger partial charge in [0.15, 0.2) is 5.75 Å². The minimum atomic E-state index is -1.05. The van der Waals surface area contributed by atoms with Crippen LogP contribution in [0, 0.1) is 10.1 Å². The Balaban J connectivity index is 2.21. The highest BCUT2D eigenvalue weighted by Gasteiger charge is 2.10. The lowest BCUT2D eigenvalue weighted by atomic mass is 10.2. The van der Waals surface area contributed by atoms with Crippen molar-refractivity contribution in [3.8, 4) is 11.5 Å². The summed E-state index contributed by atoms with van der Waals surface area (Å²) in [7, 11) is -1.05. The zero-order valence-corrected chi connectivity index (χ0v) is 11.4. The lowest BCUT2D eigenvalue weighted by Gasteiger charge is -2.08. The molecule has 6 nitrogen and oxygen atoms in total. The molecular weight excluding hydrogens is 280 g/mol. The average Bonchev–Trinajstić information content (AvgIpc) is 2.41. The minimum absolute atomic E-state index is 0.0911. The topological polar surface area (TPSA) is 95.5 Å². The Labute approximate surface area is 117 Å². The number of nitrogen functional groups attached to an aromatic ring is 1. The molecular formula is C13H12N2O4S. The fourth-order valence-corrected chi connectivity index (χ4v) is 2.09. The molecule has 0 aliphatic heterocycles. The number of nitrogens with two attached hydrogens (primary N) is 1. The van der Waals surface area contributed by atoms with Gasteiger partial charge in [0.05, 0.1) is 10.6 Å². The molecule has 0 bridgehead atoms. The van der Waals surface area contributed by atoms with E-state index in [0.29, 0.717) is 16.4 Å². The Morgan fingerprint density at radius 1 is 1.20 bits per heavy atom. The predicted octanol–water partition coefficient (Wildman–Crippen LogP) is 2.71. The zero-order chi connectivity index (χ0) is 14.7. The highest BCUT2D eigenvalue weighted by molar-refractivity contribution is 7.84. The molecule has 104 valence electrons. The second kappa shape index (κ2) is 5.70. The molecule has 20 heavy (non-hydrogen) atoms. The Hall–Kier alpha value is -2.41. The number of benzene rings is 2. The lowest BCUT2D eigenvalue weighted by molar-refractivity contribution is -0.384. The van der Waals surface area contributed by atoms with Crippen LogP contribution in [0.15, 0.2) is 47.4 Å². The van der Waals surface area contributed by atoms with E-state index in [1.807, 2.05) is 0 Å². The molecule has 2 aromatic carbocycles. The Morgan fingerprint density at radius 2 is 1.85 bits per heavy atom. The number of non-ortho nitro benzene ring substituents is 1. The normalized spacial score (nSPS) is 11.8. The summed E-state index contributed by atoms with van der Waals surface area (Å²) < 4.78 is 16.8. The van der Waals surface area contributed by atoms with E-state index < -0.39 is 15.7 Å². The maximum Gasteiger partial charge on any atom is 0.271 e. The first kappa shape index (κ1) is 14.0. The van der Waals surface area contributed by atoms with Crippen LogP contribution in [0.3, 0.4) is 0 Å². The summed E-state index contributed by atoms with van der Waals surface area (Å²) >= 11 is 0. The average molecular weight is 292 g/mol. The van der Waals surface area contributed by atoms with Gasteiger partial charge in [0.2, 0.25) is 0 Å². The van der Waals surface area contributed by atoms with Crippen LogP contribution in [0.1, 0.15) is 0 Å². The number of nitro groups is 1. The molecule has 0 heterocycles. The van der Waals surface area contributed by atoms with Crippen molar-refractivity contribution in [2.45, 2.75) is 4.90 Å². The zero-order valence-electron chi connectivity index (χ0n) is 10.6. The molecule has 0 aromatic heterocycles. The van der Waals surface area contributed by atoms with Crippen LogP contribution < -0.4 is 10.5 Å². The molecule has 1 atom stereocenters. The van der Waals surface area contributed by atoms with E-state index in [2.05, 4.69) is 0 Å². The monoisotopic (exact) mass is 292 g/mol. The van der Waals surface area contributed by atoms with Gasteiger partial charge >= 0.3 is 0 Å². The van der Waals surface area contributed by atoms with Crippen LogP contribution in [-0.2, 0) is 10.8 Å². The van der Waals surface area contributed by atoms with Gasteiger partial charge in [-0.3, -0.25) is 14.3 Å². The standard InChI is InChI=1S/C13H12N2O4S/c1-20(18)11-5-3-10(4-6-11)19-13-7-2-9(15(16)17)8-12(13)14/h2-8H,14H2,1H3. The van der Waals surface area contributed by atoms with Gasteiger partial charge in [0.1, 0.15) is 5.75 Å². The van der Waals surface area contributed by atoms with Gasteiger partial charge in [-0.1, -0.05) is 0 Å². The molecule has 2 N–H and O–H groups in total. The highest BCUT2D eigenvalue weighted by atomic mass is 32.2. The minimum Gasteiger partial charge on any atom is -0.455 e. The second-order valence-corrected chi connectivity index (χ2v) is 5.39. The fourth-order valence-electron chi connectivity index (χ4n) is 1.57. The third-order valence-electron chi connectivity index (χ3n) is 2.59. The van der Waals surface area contributed by atoms with Crippen molar-refractivity contribution in [3.63, 3.8) is 0 Å². The first-order valence-electron chi connectivity index (χ1n) is 5.62. The van der Waals surface area contributed by atoms with Crippen LogP contribution in [-0.4, -0.2) is 15.4 Å². The molecule has 0 spiro atoms. The molecule has 1 unspecified atom stereocenters. The number of rotatable bonds is 4. The maximum atomic E-state index is 11.3. The molecule has 7 heteroatoms. The quantitative estimate of drug-likeness (QED) is 0.531. The summed E-state index contributed by atoms with van der Waals surface area (Å²) in [6.07, 6.45) is 1.59. The van der Waals surface area contributed by atoms with E-state index in [1.54, 1.807) is 30.5 Å². The number of nitrogens with zero attached hydrogens (tertiary/aromatic N) is 1. The van der Waals surface area contributed by atoms with Crippen LogP contribution in [0.2, 0.25) is 0 Å². The van der Waals surface area contributed by atoms with Gasteiger partial charge in [0, 0.05) is 34.1 Å². The van der Waals surface area contributed by atoms with Crippen LogP contribution in [0.4, 0.5) is 11.4 Å². The van der Waals surface area contributed by atoms with E-state index in [-0.39, 0.29) is 11.4 Å². The summed E-state index contributed by atoms with van der Waals surface area (Å²) in [4.78, 5) is 10.8. The third-order valence-corrected chi connectivity index (χ3v) is 3.52. The molecule has 0 fully saturated rings. The molecule has 0 aliphatic carbocycles. The van der Waals surface area contributed by atoms with Gasteiger partial charge < -0.3 is 10.5 Å². The number of hydrogen-bond acceptors (Lipinski definition) is 5. The first-order chi connectivity index (χ1) is 9.47.